The molecular formula is C12H15N3O3S. The van der Waals surface area contributed by atoms with Crippen LogP contribution in [-0.2, 0) is 16.4 Å². The Bertz CT molecular complexity index is 596. The van der Waals surface area contributed by atoms with Crippen molar-refractivity contribution in [1.29, 1.82) is 0 Å². The van der Waals surface area contributed by atoms with Crippen molar-refractivity contribution in [2.24, 2.45) is 0 Å². The van der Waals surface area contributed by atoms with Gasteiger partial charge in [-0.1, -0.05) is 30.3 Å². The van der Waals surface area contributed by atoms with Crippen LogP contribution in [0.5, 0.6) is 0 Å². The van der Waals surface area contributed by atoms with Gasteiger partial charge in [-0.3, -0.25) is 0 Å². The van der Waals surface area contributed by atoms with Crippen LogP contribution >= 0.6 is 0 Å². The van der Waals surface area contributed by atoms with Crippen LogP contribution in [0.25, 0.3) is 0 Å². The minimum Gasteiger partial charge on any atom is -0.395 e. The number of benzene rings is 1. The molecule has 1 aromatic carbocycles. The zero-order valence-corrected chi connectivity index (χ0v) is 11.0. The fourth-order valence-corrected chi connectivity index (χ4v) is 2.85. The van der Waals surface area contributed by atoms with Gasteiger partial charge in [0, 0.05) is 6.04 Å². The number of aliphatic hydroxyl groups excluding tert-OH is 1. The van der Waals surface area contributed by atoms with Gasteiger partial charge in [-0.2, -0.15) is 0 Å². The number of aromatic amines is 1. The van der Waals surface area contributed by atoms with Gasteiger partial charge >= 0.3 is 0 Å². The number of nitrogens with one attached hydrogen (secondary N) is 2. The van der Waals surface area contributed by atoms with Crippen LogP contribution in [0.4, 0.5) is 0 Å². The Balaban J connectivity index is 2.08. The summed E-state index contributed by atoms with van der Waals surface area (Å²) in [6, 6.07) is 8.81. The monoisotopic (exact) mass is 281 g/mol. The summed E-state index contributed by atoms with van der Waals surface area (Å²) in [4.78, 5) is 6.20. The Morgan fingerprint density at radius 2 is 2.05 bits per heavy atom. The highest BCUT2D eigenvalue weighted by Crippen LogP contribution is 2.07. The molecule has 0 amide bonds. The molecule has 0 spiro atoms. The normalized spacial score (nSPS) is 13.3. The molecule has 6 nitrogen and oxygen atoms in total. The van der Waals surface area contributed by atoms with E-state index >= 15 is 0 Å². The lowest BCUT2D eigenvalue weighted by Gasteiger charge is -2.15. The van der Waals surface area contributed by atoms with Gasteiger partial charge in [-0.25, -0.2) is 18.1 Å². The smallest absolute Gasteiger partial charge is 0.257 e. The number of aromatic nitrogens is 2. The summed E-state index contributed by atoms with van der Waals surface area (Å²) in [5, 5.41) is 9.28. The van der Waals surface area contributed by atoms with Crippen molar-refractivity contribution in [2.45, 2.75) is 17.5 Å². The van der Waals surface area contributed by atoms with E-state index < -0.39 is 16.1 Å². The molecular weight excluding hydrogens is 266 g/mol. The summed E-state index contributed by atoms with van der Waals surface area (Å²) in [7, 11) is -3.68. The number of H-pyrrole nitrogens is 1. The Hall–Kier alpha value is -1.70. The first-order chi connectivity index (χ1) is 9.12. The van der Waals surface area contributed by atoms with E-state index in [-0.39, 0.29) is 11.6 Å². The molecule has 2 aromatic rings. The molecule has 0 bridgehead atoms. The molecule has 0 saturated carbocycles. The second kappa shape index (κ2) is 5.96. The fraction of sp³-hybridized carbons (Fsp3) is 0.250. The van der Waals surface area contributed by atoms with Crippen molar-refractivity contribution >= 4 is 10.0 Å². The largest absolute Gasteiger partial charge is 0.395 e. The number of rotatable bonds is 6. The predicted molar refractivity (Wildman–Crippen MR) is 69.9 cm³/mol. The Morgan fingerprint density at radius 1 is 1.32 bits per heavy atom. The number of hydrogen-bond donors (Lipinski definition) is 3. The first-order valence-corrected chi connectivity index (χ1v) is 7.25. The lowest BCUT2D eigenvalue weighted by Crippen LogP contribution is -2.39. The number of hydrogen-bond acceptors (Lipinski definition) is 4. The van der Waals surface area contributed by atoms with Gasteiger partial charge in [0.1, 0.15) is 0 Å². The van der Waals surface area contributed by atoms with Crippen molar-refractivity contribution < 1.29 is 13.5 Å². The number of nitrogens with zero attached hydrogens (tertiary/aromatic N) is 1. The summed E-state index contributed by atoms with van der Waals surface area (Å²) in [5.41, 5.74) is 0.953. The summed E-state index contributed by atoms with van der Waals surface area (Å²) in [5.74, 6) is 0. The van der Waals surface area contributed by atoms with E-state index in [1.54, 1.807) is 0 Å². The summed E-state index contributed by atoms with van der Waals surface area (Å²) < 4.78 is 26.4. The third-order valence-corrected chi connectivity index (χ3v) is 4.08. The molecule has 0 fully saturated rings. The van der Waals surface area contributed by atoms with Crippen LogP contribution in [0.3, 0.4) is 0 Å². The first kappa shape index (κ1) is 13.7. The second-order valence-corrected chi connectivity index (χ2v) is 5.79. The van der Waals surface area contributed by atoms with Crippen molar-refractivity contribution in [3.8, 4) is 0 Å². The number of aliphatic hydroxyl groups is 1. The third-order valence-electron chi connectivity index (χ3n) is 2.63. The summed E-state index contributed by atoms with van der Waals surface area (Å²) in [6.45, 7) is -0.276. The summed E-state index contributed by atoms with van der Waals surface area (Å²) >= 11 is 0. The van der Waals surface area contributed by atoms with Crippen LogP contribution in [0.2, 0.25) is 0 Å². The Morgan fingerprint density at radius 3 is 2.63 bits per heavy atom. The molecule has 0 aliphatic heterocycles. The van der Waals surface area contributed by atoms with Crippen LogP contribution in [0.1, 0.15) is 5.56 Å². The predicted octanol–water partition coefficient (Wildman–Crippen LogP) is 0.292. The average molecular weight is 281 g/mol. The van der Waals surface area contributed by atoms with Crippen LogP contribution in [0.15, 0.2) is 47.9 Å². The maximum atomic E-state index is 12.0. The molecule has 1 heterocycles. The van der Waals surface area contributed by atoms with Gasteiger partial charge < -0.3 is 10.1 Å². The van der Waals surface area contributed by atoms with E-state index in [1.807, 2.05) is 30.3 Å². The lowest BCUT2D eigenvalue weighted by molar-refractivity contribution is 0.256. The average Bonchev–Trinajstić information content (AvgIpc) is 2.93. The maximum Gasteiger partial charge on any atom is 0.257 e. The molecule has 0 radical (unpaired) electrons. The van der Waals surface area contributed by atoms with Crippen LogP contribution in [0, 0.1) is 0 Å². The molecule has 1 aromatic heterocycles. The molecule has 0 aliphatic carbocycles. The van der Waals surface area contributed by atoms with Gasteiger partial charge in [0.05, 0.1) is 19.1 Å². The fourth-order valence-electron chi connectivity index (χ4n) is 1.72. The standard InChI is InChI=1S/C12H15N3O3S/c16-8-11(6-10-4-2-1-3-5-10)15-19(17,18)12-7-13-9-14-12/h1-5,7,9,11,15-16H,6,8H2,(H,13,14). The van der Waals surface area contributed by atoms with Gasteiger partial charge in [0.15, 0.2) is 5.03 Å². The highest BCUT2D eigenvalue weighted by atomic mass is 32.2. The maximum absolute atomic E-state index is 12.0. The van der Waals surface area contributed by atoms with Crippen LogP contribution in [-0.4, -0.2) is 36.1 Å². The molecule has 1 atom stereocenters. The van der Waals surface area contributed by atoms with Crippen molar-refractivity contribution in [3.63, 3.8) is 0 Å². The van der Waals surface area contributed by atoms with E-state index in [4.69, 9.17) is 0 Å². The molecule has 2 rings (SSSR count). The molecule has 7 heteroatoms. The zero-order chi connectivity index (χ0) is 13.7. The topological polar surface area (TPSA) is 95.1 Å². The van der Waals surface area contributed by atoms with E-state index in [0.717, 1.165) is 5.56 Å². The number of imidazole rings is 1. The first-order valence-electron chi connectivity index (χ1n) is 5.77. The quantitative estimate of drug-likeness (QED) is 0.709. The Labute approximate surface area is 111 Å². The SMILES string of the molecule is O=S(=O)(NC(CO)Cc1ccccc1)c1cnc[nH]1. The summed E-state index contributed by atoms with van der Waals surface area (Å²) in [6.07, 6.45) is 2.93. The van der Waals surface area contributed by atoms with Crippen molar-refractivity contribution in [2.75, 3.05) is 6.61 Å². The van der Waals surface area contributed by atoms with Gasteiger partial charge in [-0.15, -0.1) is 0 Å². The van der Waals surface area contributed by atoms with Gasteiger partial charge in [-0.05, 0) is 12.0 Å². The van der Waals surface area contributed by atoms with Gasteiger partial charge in [0.25, 0.3) is 10.0 Å². The van der Waals surface area contributed by atoms with Gasteiger partial charge in [0.2, 0.25) is 0 Å². The van der Waals surface area contributed by atoms with Crippen molar-refractivity contribution in [3.05, 3.63) is 48.4 Å². The van der Waals surface area contributed by atoms with Crippen LogP contribution < -0.4 is 4.72 Å². The lowest BCUT2D eigenvalue weighted by atomic mass is 10.1. The number of sulfonamides is 1. The van der Waals surface area contributed by atoms with Crippen molar-refractivity contribution in [1.82, 2.24) is 14.7 Å². The van der Waals surface area contributed by atoms with E-state index in [0.29, 0.717) is 6.42 Å². The van der Waals surface area contributed by atoms with E-state index in [9.17, 15) is 13.5 Å². The van der Waals surface area contributed by atoms with E-state index in [1.165, 1.54) is 12.5 Å². The highest BCUT2D eigenvalue weighted by Gasteiger charge is 2.20. The molecule has 1 unspecified atom stereocenters. The third kappa shape index (κ3) is 3.63. The zero-order valence-electron chi connectivity index (χ0n) is 10.2. The second-order valence-electron chi connectivity index (χ2n) is 4.11. The van der Waals surface area contributed by atoms with E-state index in [2.05, 4.69) is 14.7 Å². The minimum atomic E-state index is -3.68. The highest BCUT2D eigenvalue weighted by molar-refractivity contribution is 7.89. The molecule has 102 valence electrons. The molecule has 0 aliphatic rings. The molecule has 0 saturated heterocycles. The molecule has 19 heavy (non-hydrogen) atoms. The minimum absolute atomic E-state index is 0.0148. The molecule has 3 N–H and O–H groups in total. The Kier molecular flexibility index (Phi) is 4.31.